The number of carbonyl (C=O) groups is 2. The third kappa shape index (κ3) is 4.69. The molecule has 0 saturated carbocycles. The minimum Gasteiger partial charge on any atom is -0.324 e. The molecule has 0 bridgehead atoms. The van der Waals surface area contributed by atoms with Crippen molar-refractivity contribution in [2.45, 2.75) is 13.5 Å². The minimum atomic E-state index is -0.347. The van der Waals surface area contributed by atoms with Gasteiger partial charge in [-0.3, -0.25) is 14.3 Å². The van der Waals surface area contributed by atoms with Gasteiger partial charge in [0.15, 0.2) is 11.3 Å². The summed E-state index contributed by atoms with van der Waals surface area (Å²) in [7, 11) is 1.73. The number of rotatable bonds is 6. The van der Waals surface area contributed by atoms with Crippen LogP contribution in [0.1, 0.15) is 16.2 Å². The van der Waals surface area contributed by atoms with E-state index in [0.717, 1.165) is 16.5 Å². The van der Waals surface area contributed by atoms with Crippen molar-refractivity contribution in [3.63, 3.8) is 0 Å². The molecule has 0 atom stereocenters. The fourth-order valence-electron chi connectivity index (χ4n) is 4.00. The molecule has 36 heavy (non-hydrogen) atoms. The average Bonchev–Trinajstić information content (AvgIpc) is 3.43. The number of amides is 2. The zero-order valence-corrected chi connectivity index (χ0v) is 19.6. The summed E-state index contributed by atoms with van der Waals surface area (Å²) in [5, 5.41) is 15.0. The van der Waals surface area contributed by atoms with Gasteiger partial charge in [0.25, 0.3) is 5.91 Å². The second-order valence-electron chi connectivity index (χ2n) is 8.26. The van der Waals surface area contributed by atoms with Crippen molar-refractivity contribution in [2.75, 3.05) is 10.6 Å². The average molecular weight is 484 g/mol. The standard InChI is InChI=1S/C26H22FN7O2/c1-16-24-21(17-6-8-18(27)9-7-17)10-12-28-25(24)34(31-16)15-23(35)29-19-4-3-5-20(14-19)30-26(36)22-11-13-33(2)32-22/h3-14H,15H2,1-2H3,(H,29,35)(H,30,36). The Labute approximate surface area is 205 Å². The van der Waals surface area contributed by atoms with Gasteiger partial charge in [0.2, 0.25) is 5.91 Å². The molecule has 0 aliphatic heterocycles. The molecule has 0 aliphatic carbocycles. The summed E-state index contributed by atoms with van der Waals surface area (Å²) in [5.74, 6) is -0.962. The van der Waals surface area contributed by atoms with E-state index in [1.807, 2.05) is 13.0 Å². The molecule has 2 amide bonds. The van der Waals surface area contributed by atoms with Crippen LogP contribution in [0.5, 0.6) is 0 Å². The molecule has 9 nitrogen and oxygen atoms in total. The molecular weight excluding hydrogens is 461 g/mol. The molecule has 2 N–H and O–H groups in total. The highest BCUT2D eigenvalue weighted by atomic mass is 19.1. The van der Waals surface area contributed by atoms with Crippen LogP contribution in [-0.2, 0) is 18.4 Å². The maximum atomic E-state index is 13.4. The lowest BCUT2D eigenvalue weighted by atomic mass is 10.0. The number of fused-ring (bicyclic) bond motifs is 1. The molecule has 180 valence electrons. The Kier molecular flexibility index (Phi) is 5.99. The first kappa shape index (κ1) is 22.9. The van der Waals surface area contributed by atoms with E-state index < -0.39 is 0 Å². The van der Waals surface area contributed by atoms with Crippen LogP contribution >= 0.6 is 0 Å². The SMILES string of the molecule is Cc1nn(CC(=O)Nc2cccc(NC(=O)c3ccn(C)n3)c2)c2nccc(-c3ccc(F)cc3)c12. The van der Waals surface area contributed by atoms with Crippen LogP contribution in [-0.4, -0.2) is 36.4 Å². The number of aryl methyl sites for hydroxylation is 2. The first-order valence-corrected chi connectivity index (χ1v) is 11.2. The van der Waals surface area contributed by atoms with Crippen molar-refractivity contribution in [3.05, 3.63) is 90.3 Å². The Morgan fingerprint density at radius 2 is 1.72 bits per heavy atom. The van der Waals surface area contributed by atoms with Crippen LogP contribution in [0.3, 0.4) is 0 Å². The summed E-state index contributed by atoms with van der Waals surface area (Å²) in [5.41, 5.74) is 4.30. The van der Waals surface area contributed by atoms with Gasteiger partial charge in [-0.15, -0.1) is 0 Å². The van der Waals surface area contributed by atoms with Gasteiger partial charge in [-0.25, -0.2) is 14.1 Å². The van der Waals surface area contributed by atoms with E-state index in [2.05, 4.69) is 25.8 Å². The smallest absolute Gasteiger partial charge is 0.276 e. The van der Waals surface area contributed by atoms with Crippen LogP contribution in [0.4, 0.5) is 15.8 Å². The number of benzene rings is 2. The van der Waals surface area contributed by atoms with E-state index in [-0.39, 0.29) is 24.2 Å². The molecule has 0 fully saturated rings. The van der Waals surface area contributed by atoms with E-state index in [1.165, 1.54) is 12.1 Å². The van der Waals surface area contributed by atoms with Crippen molar-refractivity contribution in [2.24, 2.45) is 7.05 Å². The predicted octanol–water partition coefficient (Wildman–Crippen LogP) is 4.17. The number of halogens is 1. The summed E-state index contributed by atoms with van der Waals surface area (Å²) >= 11 is 0. The number of anilines is 2. The number of hydrogen-bond acceptors (Lipinski definition) is 5. The quantitative estimate of drug-likeness (QED) is 0.377. The summed E-state index contributed by atoms with van der Waals surface area (Å²) in [4.78, 5) is 29.6. The van der Waals surface area contributed by atoms with Crippen LogP contribution in [0, 0.1) is 12.7 Å². The number of aromatic nitrogens is 5. The lowest BCUT2D eigenvalue weighted by molar-refractivity contribution is -0.116. The second-order valence-corrected chi connectivity index (χ2v) is 8.26. The molecule has 10 heteroatoms. The van der Waals surface area contributed by atoms with E-state index in [9.17, 15) is 14.0 Å². The maximum absolute atomic E-state index is 13.4. The molecule has 0 unspecified atom stereocenters. The van der Waals surface area contributed by atoms with Gasteiger partial charge in [-0.1, -0.05) is 18.2 Å². The van der Waals surface area contributed by atoms with Gasteiger partial charge in [0, 0.05) is 36.2 Å². The molecule has 0 saturated heterocycles. The third-order valence-corrected chi connectivity index (χ3v) is 5.61. The molecule has 3 aromatic heterocycles. The summed E-state index contributed by atoms with van der Waals surface area (Å²) in [6.45, 7) is 1.79. The zero-order chi connectivity index (χ0) is 25.2. The number of nitrogens with one attached hydrogen (secondary N) is 2. The molecule has 5 rings (SSSR count). The highest BCUT2D eigenvalue weighted by Crippen LogP contribution is 2.30. The Morgan fingerprint density at radius 3 is 2.44 bits per heavy atom. The highest BCUT2D eigenvalue weighted by molar-refractivity contribution is 6.03. The van der Waals surface area contributed by atoms with Gasteiger partial charge < -0.3 is 10.6 Å². The van der Waals surface area contributed by atoms with Crippen molar-refractivity contribution in [3.8, 4) is 11.1 Å². The van der Waals surface area contributed by atoms with Crippen molar-refractivity contribution in [1.29, 1.82) is 0 Å². The lowest BCUT2D eigenvalue weighted by Crippen LogP contribution is -2.20. The summed E-state index contributed by atoms with van der Waals surface area (Å²) in [6.07, 6.45) is 3.33. The molecule has 5 aromatic rings. The largest absolute Gasteiger partial charge is 0.324 e. The highest BCUT2D eigenvalue weighted by Gasteiger charge is 2.16. The van der Waals surface area contributed by atoms with E-state index >= 15 is 0 Å². The van der Waals surface area contributed by atoms with Crippen molar-refractivity contribution < 1.29 is 14.0 Å². The maximum Gasteiger partial charge on any atom is 0.276 e. The number of carbonyl (C=O) groups excluding carboxylic acids is 2. The van der Waals surface area contributed by atoms with Crippen LogP contribution in [0.15, 0.2) is 73.1 Å². The Balaban J connectivity index is 1.33. The Hall–Kier alpha value is -4.86. The number of nitrogens with zero attached hydrogens (tertiary/aromatic N) is 5. The van der Waals surface area contributed by atoms with Crippen LogP contribution < -0.4 is 10.6 Å². The van der Waals surface area contributed by atoms with Gasteiger partial charge in [-0.2, -0.15) is 10.2 Å². The number of pyridine rings is 1. The normalized spacial score (nSPS) is 11.0. The first-order chi connectivity index (χ1) is 17.4. The zero-order valence-electron chi connectivity index (χ0n) is 19.6. The molecular formula is C26H22FN7O2. The molecule has 0 radical (unpaired) electrons. The van der Waals surface area contributed by atoms with E-state index in [1.54, 1.807) is 71.3 Å². The van der Waals surface area contributed by atoms with E-state index in [4.69, 9.17) is 0 Å². The second kappa shape index (κ2) is 9.41. The molecule has 0 aliphatic rings. The number of hydrogen-bond donors (Lipinski definition) is 2. The summed E-state index contributed by atoms with van der Waals surface area (Å²) in [6, 6.07) is 16.5. The van der Waals surface area contributed by atoms with E-state index in [0.29, 0.717) is 28.4 Å². The van der Waals surface area contributed by atoms with Crippen molar-refractivity contribution in [1.82, 2.24) is 24.5 Å². The van der Waals surface area contributed by atoms with Crippen molar-refractivity contribution >= 4 is 34.2 Å². The topological polar surface area (TPSA) is 107 Å². The Bertz CT molecular complexity index is 1590. The minimum absolute atomic E-state index is 0.0608. The monoisotopic (exact) mass is 483 g/mol. The van der Waals surface area contributed by atoms with Gasteiger partial charge >= 0.3 is 0 Å². The third-order valence-electron chi connectivity index (χ3n) is 5.61. The van der Waals surface area contributed by atoms with Crippen LogP contribution in [0.2, 0.25) is 0 Å². The molecule has 2 aromatic carbocycles. The molecule has 3 heterocycles. The predicted molar refractivity (Wildman–Crippen MR) is 134 cm³/mol. The molecule has 0 spiro atoms. The van der Waals surface area contributed by atoms with Gasteiger partial charge in [0.05, 0.1) is 5.69 Å². The fourth-order valence-corrected chi connectivity index (χ4v) is 4.00. The lowest BCUT2D eigenvalue weighted by Gasteiger charge is -2.09. The summed E-state index contributed by atoms with van der Waals surface area (Å²) < 4.78 is 16.5. The Morgan fingerprint density at radius 1 is 0.972 bits per heavy atom. The van der Waals surface area contributed by atoms with Gasteiger partial charge in [-0.05, 0) is 60.5 Å². The van der Waals surface area contributed by atoms with Gasteiger partial charge in [0.1, 0.15) is 12.4 Å². The fraction of sp³-hybridized carbons (Fsp3) is 0.115. The van der Waals surface area contributed by atoms with Crippen LogP contribution in [0.25, 0.3) is 22.2 Å². The first-order valence-electron chi connectivity index (χ1n) is 11.2.